The van der Waals surface area contributed by atoms with Gasteiger partial charge in [0.15, 0.2) is 0 Å². The van der Waals surface area contributed by atoms with E-state index in [1.165, 1.54) is 0 Å². The first-order chi connectivity index (χ1) is 27.1. The molecule has 2 saturated carbocycles. The largest absolute Gasteiger partial charge is 0.490 e. The van der Waals surface area contributed by atoms with Gasteiger partial charge in [-0.3, -0.25) is 0 Å². The molecule has 0 aromatic heterocycles. The van der Waals surface area contributed by atoms with Gasteiger partial charge in [0.1, 0.15) is 62.6 Å². The molecule has 0 radical (unpaired) electrons. The molecule has 2 aliphatic rings. The molecule has 10 heteroatoms. The summed E-state index contributed by atoms with van der Waals surface area (Å²) in [6.07, 6.45) is 14.5. The fourth-order valence-corrected chi connectivity index (χ4v) is 6.37. The van der Waals surface area contributed by atoms with Crippen LogP contribution in [0, 0.1) is 27.7 Å². The van der Waals surface area contributed by atoms with Gasteiger partial charge in [-0.15, -0.1) is 0 Å². The van der Waals surface area contributed by atoms with Crippen molar-refractivity contribution in [2.75, 3.05) is 40.6 Å². The van der Waals surface area contributed by atoms with Gasteiger partial charge in [0.2, 0.25) is 0 Å². The summed E-state index contributed by atoms with van der Waals surface area (Å²) in [7, 11) is 3.09. The number of nitrogens with zero attached hydrogens (tertiary/aromatic N) is 2. The van der Waals surface area contributed by atoms with E-state index >= 15 is 0 Å². The zero-order chi connectivity index (χ0) is 41.9. The lowest BCUT2D eigenvalue weighted by atomic mass is 10.1. The minimum atomic E-state index is 0.0672. The van der Waals surface area contributed by atoms with Gasteiger partial charge in [0, 0.05) is 6.42 Å². The second-order valence-corrected chi connectivity index (χ2v) is 13.5. The Kier molecular flexibility index (Phi) is 26.1. The van der Waals surface area contributed by atoms with E-state index in [0.29, 0.717) is 26.4 Å². The van der Waals surface area contributed by atoms with E-state index in [1.807, 2.05) is 104 Å². The highest BCUT2D eigenvalue weighted by Crippen LogP contribution is 2.35. The number of benzene rings is 2. The van der Waals surface area contributed by atoms with Crippen molar-refractivity contribution in [2.24, 2.45) is 10.3 Å². The maximum atomic E-state index is 6.36. The van der Waals surface area contributed by atoms with Gasteiger partial charge in [-0.05, 0) is 134 Å². The highest BCUT2D eigenvalue weighted by atomic mass is 16.6. The Bertz CT molecular complexity index is 1460. The molecule has 56 heavy (non-hydrogen) atoms. The van der Waals surface area contributed by atoms with Gasteiger partial charge in [0.05, 0.1) is 36.8 Å². The molecule has 316 valence electrons. The van der Waals surface area contributed by atoms with E-state index in [-0.39, 0.29) is 24.4 Å². The van der Waals surface area contributed by atoms with E-state index in [4.69, 9.17) is 38.1 Å². The maximum absolute atomic E-state index is 6.36. The average molecular weight is 783 g/mol. The molecular weight excluding hydrogens is 709 g/mol. The lowest BCUT2D eigenvalue weighted by molar-refractivity contribution is 0.00848. The van der Waals surface area contributed by atoms with Gasteiger partial charge >= 0.3 is 0 Å². The third kappa shape index (κ3) is 18.3. The van der Waals surface area contributed by atoms with Crippen molar-refractivity contribution >= 4 is 11.4 Å². The fraction of sp³-hybridized carbons (Fsp3) is 0.609. The lowest BCUT2D eigenvalue weighted by Crippen LogP contribution is -2.30. The molecule has 2 fully saturated rings. The first kappa shape index (κ1) is 50.0. The summed E-state index contributed by atoms with van der Waals surface area (Å²) in [6, 6.07) is 8.15. The number of aryl methyl sites for hydroxylation is 4. The quantitative estimate of drug-likeness (QED) is 0.0837. The lowest BCUT2D eigenvalue weighted by Gasteiger charge is -2.24. The highest BCUT2D eigenvalue weighted by Gasteiger charge is 2.31. The predicted molar refractivity (Wildman–Crippen MR) is 231 cm³/mol. The van der Waals surface area contributed by atoms with Crippen molar-refractivity contribution < 1.29 is 38.1 Å². The number of rotatable bonds is 18. The molecule has 0 aliphatic heterocycles. The topological polar surface area (TPSA) is 98.6 Å². The van der Waals surface area contributed by atoms with Crippen molar-refractivity contribution in [3.05, 3.63) is 70.8 Å². The number of ether oxygens (including phenoxy) is 6. The highest BCUT2D eigenvalue weighted by molar-refractivity contribution is 5.82. The van der Waals surface area contributed by atoms with Crippen LogP contribution >= 0.6 is 0 Å². The second-order valence-electron chi connectivity index (χ2n) is 13.5. The summed E-state index contributed by atoms with van der Waals surface area (Å²) in [5.41, 5.74) is 6.05. The molecule has 0 spiro atoms. The Morgan fingerprint density at radius 2 is 1.04 bits per heavy atom. The summed E-state index contributed by atoms with van der Waals surface area (Å²) in [5.74, 6) is 3.65. The summed E-state index contributed by atoms with van der Waals surface area (Å²) < 4.78 is 36.1. The first-order valence-electron chi connectivity index (χ1n) is 20.5. The molecule has 4 atom stereocenters. The molecule has 2 aliphatic carbocycles. The summed E-state index contributed by atoms with van der Waals surface area (Å²) in [4.78, 5) is 9.53. The van der Waals surface area contributed by atoms with Gasteiger partial charge < -0.3 is 38.1 Å². The standard InChI is InChI=1S/2C21H31NO4.2C2H6/c1-6-7-11-24-18-12-15(2)21(16(3)13-18)26-20-10-8-9-19(20)25-14-17(4)22-23-5;1-6-7-10-24-20-11-15(2)21(16(3)12-20)26-19-9-8-18(13-19)25-14-17(4)22-23-5;2*1-2/h6-7,12-13,19-20H,8-11,14H2,1-5H3;6-7,11-12,18-19H,8-10,13-14H2,1-5H3;2*1-2H3/b2*7-6+,22-17-;;. The molecule has 0 N–H and O–H groups in total. The normalized spacial score (nSPS) is 19.3. The van der Waals surface area contributed by atoms with Crippen LogP contribution < -0.4 is 18.9 Å². The minimum absolute atomic E-state index is 0.0672. The maximum Gasteiger partial charge on any atom is 0.125 e. The molecule has 0 saturated heterocycles. The Morgan fingerprint density at radius 3 is 1.50 bits per heavy atom. The Labute approximate surface area is 339 Å². The molecule has 0 bridgehead atoms. The van der Waals surface area contributed by atoms with Crippen molar-refractivity contribution in [1.29, 1.82) is 0 Å². The third-order valence-electron chi connectivity index (χ3n) is 8.84. The first-order valence-corrected chi connectivity index (χ1v) is 20.5. The Hall–Kier alpha value is -4.02. The summed E-state index contributed by atoms with van der Waals surface area (Å²) >= 11 is 0. The number of hydrogen-bond acceptors (Lipinski definition) is 10. The molecular formula is C46H74N2O8. The van der Waals surface area contributed by atoms with Gasteiger partial charge in [-0.1, -0.05) is 62.3 Å². The number of allylic oxidation sites excluding steroid dienone is 2. The van der Waals surface area contributed by atoms with Crippen LogP contribution in [0.25, 0.3) is 0 Å². The second kappa shape index (κ2) is 29.3. The van der Waals surface area contributed by atoms with Crippen molar-refractivity contribution in [1.82, 2.24) is 0 Å². The zero-order valence-electron chi connectivity index (χ0n) is 37.2. The molecule has 0 amide bonds. The van der Waals surface area contributed by atoms with Crippen LogP contribution in [0.5, 0.6) is 23.0 Å². The smallest absolute Gasteiger partial charge is 0.125 e. The molecule has 4 rings (SSSR count). The van der Waals surface area contributed by atoms with Gasteiger partial charge in [0.25, 0.3) is 0 Å². The zero-order valence-corrected chi connectivity index (χ0v) is 37.2. The van der Waals surface area contributed by atoms with E-state index in [0.717, 1.165) is 95.2 Å². The van der Waals surface area contributed by atoms with Crippen LogP contribution in [0.15, 0.2) is 58.9 Å². The summed E-state index contributed by atoms with van der Waals surface area (Å²) in [5, 5.41) is 7.77. The van der Waals surface area contributed by atoms with Gasteiger partial charge in [-0.2, -0.15) is 0 Å². The van der Waals surface area contributed by atoms with Crippen molar-refractivity contribution in [3.63, 3.8) is 0 Å². The fourth-order valence-electron chi connectivity index (χ4n) is 6.37. The molecule has 4 unspecified atom stereocenters. The SMILES string of the molecule is C/C=C/COc1cc(C)c(OC2CCC(OC/C(C)=N\OC)C2)c(C)c1.C/C=C/COc1cc(C)c(OC2CCCC2OC/C(C)=N\OC)c(C)c1.CC.CC. The molecule has 2 aromatic rings. The van der Waals surface area contributed by atoms with Crippen molar-refractivity contribution in [2.45, 2.75) is 146 Å². The Balaban J connectivity index is 0.000000514. The van der Waals surface area contributed by atoms with E-state index in [2.05, 4.69) is 38.0 Å². The predicted octanol–water partition coefficient (Wildman–Crippen LogP) is 11.2. The average Bonchev–Trinajstić information content (AvgIpc) is 3.84. The van der Waals surface area contributed by atoms with Gasteiger partial charge in [-0.25, -0.2) is 0 Å². The third-order valence-corrected chi connectivity index (χ3v) is 8.84. The monoisotopic (exact) mass is 783 g/mol. The van der Waals surface area contributed by atoms with Crippen LogP contribution in [0.2, 0.25) is 0 Å². The molecule has 0 heterocycles. The van der Waals surface area contributed by atoms with Crippen LogP contribution in [0.3, 0.4) is 0 Å². The van der Waals surface area contributed by atoms with Crippen LogP contribution in [-0.2, 0) is 19.1 Å². The van der Waals surface area contributed by atoms with Crippen LogP contribution in [-0.4, -0.2) is 76.5 Å². The van der Waals surface area contributed by atoms with E-state index < -0.39 is 0 Å². The number of oxime groups is 2. The Morgan fingerprint density at radius 1 is 0.607 bits per heavy atom. The number of hydrogen-bond donors (Lipinski definition) is 0. The van der Waals surface area contributed by atoms with Crippen LogP contribution in [0.4, 0.5) is 0 Å². The van der Waals surface area contributed by atoms with Crippen LogP contribution in [0.1, 0.15) is 116 Å². The molecule has 2 aromatic carbocycles. The minimum Gasteiger partial charge on any atom is -0.490 e. The van der Waals surface area contributed by atoms with E-state index in [9.17, 15) is 0 Å². The van der Waals surface area contributed by atoms with Crippen molar-refractivity contribution in [3.8, 4) is 23.0 Å². The molecule has 10 nitrogen and oxygen atoms in total. The van der Waals surface area contributed by atoms with E-state index in [1.54, 1.807) is 14.2 Å². The summed E-state index contributed by atoms with van der Waals surface area (Å²) in [6.45, 7) is 26.2.